The number of anilines is 1. The van der Waals surface area contributed by atoms with E-state index < -0.39 is 0 Å². The Morgan fingerprint density at radius 1 is 1.60 bits per heavy atom. The summed E-state index contributed by atoms with van der Waals surface area (Å²) in [7, 11) is 0. The van der Waals surface area contributed by atoms with Gasteiger partial charge in [-0.1, -0.05) is 6.07 Å². The van der Waals surface area contributed by atoms with Crippen molar-refractivity contribution in [3.05, 3.63) is 29.1 Å². The number of nitrogens with two attached hydrogens (primary N) is 1. The van der Waals surface area contributed by atoms with E-state index in [2.05, 4.69) is 5.32 Å². The van der Waals surface area contributed by atoms with Gasteiger partial charge < -0.3 is 11.1 Å². The van der Waals surface area contributed by atoms with Crippen molar-refractivity contribution in [2.24, 2.45) is 5.73 Å². The number of amides is 1. The summed E-state index contributed by atoms with van der Waals surface area (Å²) in [5.74, 6) is -0.611. The molecule has 1 unspecified atom stereocenters. The first-order valence-electron chi connectivity index (χ1n) is 4.91. The monoisotopic (exact) mass is 208 g/mol. The average molecular weight is 208 g/mol. The number of rotatable bonds is 1. The lowest BCUT2D eigenvalue weighted by Crippen LogP contribution is -2.28. The second-order valence-electron chi connectivity index (χ2n) is 3.90. The molecule has 4 heteroatoms. The summed E-state index contributed by atoms with van der Waals surface area (Å²) in [5.41, 5.74) is 7.54. The molecule has 3 N–H and O–H groups in total. The lowest BCUT2D eigenvalue weighted by molar-refractivity contribution is -0.116. The van der Waals surface area contributed by atoms with Crippen LogP contribution in [0.15, 0.2) is 12.1 Å². The molecule has 0 aliphatic carbocycles. The van der Waals surface area contributed by atoms with Crippen LogP contribution < -0.4 is 11.1 Å². The number of benzene rings is 1. The van der Waals surface area contributed by atoms with E-state index in [9.17, 15) is 9.18 Å². The molecule has 1 aliphatic heterocycles. The van der Waals surface area contributed by atoms with Gasteiger partial charge in [-0.15, -0.1) is 0 Å². The zero-order valence-electron chi connectivity index (χ0n) is 8.51. The number of hydrogen-bond donors (Lipinski definition) is 2. The molecule has 1 amide bonds. The van der Waals surface area contributed by atoms with Gasteiger partial charge >= 0.3 is 0 Å². The fourth-order valence-electron chi connectivity index (χ4n) is 1.96. The van der Waals surface area contributed by atoms with Gasteiger partial charge in [-0.3, -0.25) is 4.79 Å². The lowest BCUT2D eigenvalue weighted by Gasteiger charge is -2.25. The fourth-order valence-corrected chi connectivity index (χ4v) is 1.96. The van der Waals surface area contributed by atoms with E-state index in [0.717, 1.165) is 11.1 Å². The fraction of sp³-hybridized carbons (Fsp3) is 0.364. The van der Waals surface area contributed by atoms with Crippen LogP contribution in [0.3, 0.4) is 0 Å². The molecule has 1 atom stereocenters. The summed E-state index contributed by atoms with van der Waals surface area (Å²) in [4.78, 5) is 11.3. The minimum atomic E-state index is -0.378. The molecule has 1 aliphatic rings. The molecule has 1 heterocycles. The maximum absolute atomic E-state index is 13.6. The second-order valence-corrected chi connectivity index (χ2v) is 3.90. The van der Waals surface area contributed by atoms with Gasteiger partial charge in [0.25, 0.3) is 0 Å². The van der Waals surface area contributed by atoms with Crippen LogP contribution in [-0.4, -0.2) is 12.5 Å². The molecule has 0 fully saturated rings. The Kier molecular flexibility index (Phi) is 2.44. The molecule has 0 saturated carbocycles. The lowest BCUT2D eigenvalue weighted by atomic mass is 9.89. The van der Waals surface area contributed by atoms with Gasteiger partial charge in [0.05, 0.1) is 5.69 Å². The van der Waals surface area contributed by atoms with Crippen LogP contribution in [0.5, 0.6) is 0 Å². The number of hydrogen-bond acceptors (Lipinski definition) is 2. The first-order chi connectivity index (χ1) is 7.11. The van der Waals surface area contributed by atoms with Crippen LogP contribution in [0.1, 0.15) is 23.5 Å². The standard InChI is InChI=1S/C11H13FN2O/c1-6-2-8-7(5-13)4-10(15)14-11(8)9(12)3-6/h2-3,7H,4-5,13H2,1H3,(H,14,15). The summed E-state index contributed by atoms with van der Waals surface area (Å²) >= 11 is 0. The Bertz CT molecular complexity index is 417. The smallest absolute Gasteiger partial charge is 0.225 e. The van der Waals surface area contributed by atoms with Crippen molar-refractivity contribution in [1.29, 1.82) is 0 Å². The van der Waals surface area contributed by atoms with Crippen molar-refractivity contribution in [3.63, 3.8) is 0 Å². The van der Waals surface area contributed by atoms with E-state index >= 15 is 0 Å². The molecule has 3 nitrogen and oxygen atoms in total. The van der Waals surface area contributed by atoms with Crippen LogP contribution >= 0.6 is 0 Å². The molecule has 0 radical (unpaired) electrons. The summed E-state index contributed by atoms with van der Waals surface area (Å²) in [5, 5.41) is 2.55. The zero-order valence-corrected chi connectivity index (χ0v) is 8.51. The number of nitrogens with one attached hydrogen (secondary N) is 1. The highest BCUT2D eigenvalue weighted by molar-refractivity contribution is 5.95. The molecule has 80 valence electrons. The highest BCUT2D eigenvalue weighted by atomic mass is 19.1. The Labute approximate surface area is 87.5 Å². The predicted octanol–water partition coefficient (Wildman–Crippen LogP) is 1.52. The molecule has 2 rings (SSSR count). The molecule has 0 saturated heterocycles. The quantitative estimate of drug-likeness (QED) is 0.735. The molecule has 0 aromatic heterocycles. The van der Waals surface area contributed by atoms with E-state index in [1.54, 1.807) is 0 Å². The van der Waals surface area contributed by atoms with Gasteiger partial charge in [0.15, 0.2) is 0 Å². The number of carbonyl (C=O) groups is 1. The second kappa shape index (κ2) is 3.62. The van der Waals surface area contributed by atoms with Crippen molar-refractivity contribution in [2.75, 3.05) is 11.9 Å². The molecule has 1 aromatic carbocycles. The third-order valence-electron chi connectivity index (χ3n) is 2.69. The van der Waals surface area contributed by atoms with Crippen molar-refractivity contribution in [2.45, 2.75) is 19.3 Å². The largest absolute Gasteiger partial charge is 0.330 e. The molecular formula is C11H13FN2O. The normalized spacial score (nSPS) is 19.7. The molecule has 0 bridgehead atoms. The van der Waals surface area contributed by atoms with Crippen molar-refractivity contribution in [3.8, 4) is 0 Å². The Hall–Kier alpha value is -1.42. The number of halogens is 1. The van der Waals surface area contributed by atoms with E-state index in [-0.39, 0.29) is 17.6 Å². The van der Waals surface area contributed by atoms with E-state index in [4.69, 9.17) is 5.73 Å². The number of fused-ring (bicyclic) bond motifs is 1. The van der Waals surface area contributed by atoms with Crippen molar-refractivity contribution in [1.82, 2.24) is 0 Å². The molecule has 1 aromatic rings. The number of carbonyl (C=O) groups excluding carboxylic acids is 1. The topological polar surface area (TPSA) is 55.1 Å². The zero-order chi connectivity index (χ0) is 11.0. The summed E-state index contributed by atoms with van der Waals surface area (Å²) in [6.07, 6.45) is 0.340. The van der Waals surface area contributed by atoms with E-state index in [1.807, 2.05) is 13.0 Å². The Morgan fingerprint density at radius 3 is 3.00 bits per heavy atom. The van der Waals surface area contributed by atoms with Crippen LogP contribution in [0.4, 0.5) is 10.1 Å². The maximum atomic E-state index is 13.6. The Balaban J connectivity index is 2.55. The Morgan fingerprint density at radius 2 is 2.33 bits per heavy atom. The van der Waals surface area contributed by atoms with E-state index in [0.29, 0.717) is 18.7 Å². The van der Waals surface area contributed by atoms with Gasteiger partial charge in [0.1, 0.15) is 5.82 Å². The van der Waals surface area contributed by atoms with Crippen LogP contribution in [0.25, 0.3) is 0 Å². The molecule has 15 heavy (non-hydrogen) atoms. The average Bonchev–Trinajstić information content (AvgIpc) is 2.18. The summed E-state index contributed by atoms with van der Waals surface area (Å²) < 4.78 is 13.6. The highest BCUT2D eigenvalue weighted by Crippen LogP contribution is 2.34. The first-order valence-corrected chi connectivity index (χ1v) is 4.91. The van der Waals surface area contributed by atoms with Gasteiger partial charge in [-0.25, -0.2) is 4.39 Å². The third kappa shape index (κ3) is 1.72. The van der Waals surface area contributed by atoms with Crippen molar-refractivity contribution >= 4 is 11.6 Å². The third-order valence-corrected chi connectivity index (χ3v) is 2.69. The summed E-state index contributed by atoms with van der Waals surface area (Å²) in [6, 6.07) is 3.30. The minimum Gasteiger partial charge on any atom is -0.330 e. The molecular weight excluding hydrogens is 195 g/mol. The predicted molar refractivity (Wildman–Crippen MR) is 56.2 cm³/mol. The number of aryl methyl sites for hydroxylation is 1. The molecule has 0 spiro atoms. The SMILES string of the molecule is Cc1cc(F)c2c(c1)C(CN)CC(=O)N2. The van der Waals surface area contributed by atoms with Gasteiger partial charge in [-0.2, -0.15) is 0 Å². The highest BCUT2D eigenvalue weighted by Gasteiger charge is 2.26. The van der Waals surface area contributed by atoms with Gasteiger partial charge in [-0.05, 0) is 30.7 Å². The van der Waals surface area contributed by atoms with Crippen LogP contribution in [0.2, 0.25) is 0 Å². The summed E-state index contributed by atoms with van der Waals surface area (Å²) in [6.45, 7) is 2.19. The van der Waals surface area contributed by atoms with Crippen LogP contribution in [-0.2, 0) is 4.79 Å². The van der Waals surface area contributed by atoms with E-state index in [1.165, 1.54) is 6.07 Å². The van der Waals surface area contributed by atoms with Gasteiger partial charge in [0, 0.05) is 12.3 Å². The maximum Gasteiger partial charge on any atom is 0.225 e. The van der Waals surface area contributed by atoms with Crippen molar-refractivity contribution < 1.29 is 9.18 Å². The van der Waals surface area contributed by atoms with Crippen LogP contribution in [0, 0.1) is 12.7 Å². The minimum absolute atomic E-state index is 0.0665. The first kappa shape index (κ1) is 10.1. The van der Waals surface area contributed by atoms with Gasteiger partial charge in [0.2, 0.25) is 5.91 Å².